The molecule has 0 aliphatic carbocycles. The number of hydrogen-bond acceptors (Lipinski definition) is 4. The van der Waals surface area contributed by atoms with Gasteiger partial charge < -0.3 is 10.5 Å². The maximum absolute atomic E-state index is 5.97. The summed E-state index contributed by atoms with van der Waals surface area (Å²) in [6.45, 7) is 6.17. The number of benzene rings is 1. The average Bonchev–Trinajstić information content (AvgIpc) is 2.38. The van der Waals surface area contributed by atoms with Crippen LogP contribution in [0, 0.1) is 20.8 Å². The highest BCUT2D eigenvalue weighted by atomic mass is 35.5. The third-order valence-electron chi connectivity index (χ3n) is 3.11. The summed E-state index contributed by atoms with van der Waals surface area (Å²) >= 11 is 5.97. The molecule has 1 aromatic heterocycles. The molecule has 100 valence electrons. The molecule has 0 radical (unpaired) electrons. The van der Waals surface area contributed by atoms with E-state index in [1.165, 1.54) is 0 Å². The zero-order valence-electron chi connectivity index (χ0n) is 11.2. The number of aromatic nitrogens is 2. The molecule has 1 heterocycles. The normalized spacial score (nSPS) is 10.6. The molecule has 0 fully saturated rings. The second kappa shape index (κ2) is 5.55. The van der Waals surface area contributed by atoms with E-state index in [1.807, 2.05) is 32.9 Å². The van der Waals surface area contributed by atoms with Crippen LogP contribution >= 0.6 is 11.6 Å². The fourth-order valence-corrected chi connectivity index (χ4v) is 1.91. The standard InChI is InChI=1S/C14H16ClN3O/c1-8-4-5-11(15)6-13(8)19-14-12(7-16)9(2)10(3)17-18-14/h4-6H,7,16H2,1-3H3. The Hall–Kier alpha value is -1.65. The van der Waals surface area contributed by atoms with Gasteiger partial charge in [-0.2, -0.15) is 5.10 Å². The van der Waals surface area contributed by atoms with E-state index in [1.54, 1.807) is 6.07 Å². The fourth-order valence-electron chi connectivity index (χ4n) is 1.74. The lowest BCUT2D eigenvalue weighted by Crippen LogP contribution is -2.07. The van der Waals surface area contributed by atoms with Crippen molar-refractivity contribution in [3.63, 3.8) is 0 Å². The van der Waals surface area contributed by atoms with Crippen LogP contribution in [0.15, 0.2) is 18.2 Å². The lowest BCUT2D eigenvalue weighted by molar-refractivity contribution is 0.443. The Balaban J connectivity index is 2.43. The van der Waals surface area contributed by atoms with Gasteiger partial charge in [-0.3, -0.25) is 0 Å². The van der Waals surface area contributed by atoms with Crippen molar-refractivity contribution in [3.05, 3.63) is 45.6 Å². The van der Waals surface area contributed by atoms with Crippen LogP contribution in [-0.4, -0.2) is 10.2 Å². The molecule has 0 aliphatic rings. The first-order valence-electron chi connectivity index (χ1n) is 5.99. The summed E-state index contributed by atoms with van der Waals surface area (Å²) in [6.07, 6.45) is 0. The van der Waals surface area contributed by atoms with Gasteiger partial charge in [-0.1, -0.05) is 17.7 Å². The molecule has 0 saturated heterocycles. The molecule has 0 bridgehead atoms. The molecule has 0 amide bonds. The summed E-state index contributed by atoms with van der Waals surface area (Å²) in [7, 11) is 0. The molecule has 0 unspecified atom stereocenters. The van der Waals surface area contributed by atoms with Crippen molar-refractivity contribution >= 4 is 11.6 Å². The zero-order chi connectivity index (χ0) is 14.0. The Morgan fingerprint density at radius 2 is 1.95 bits per heavy atom. The topological polar surface area (TPSA) is 61.0 Å². The maximum Gasteiger partial charge on any atom is 0.243 e. The van der Waals surface area contributed by atoms with E-state index in [0.717, 1.165) is 22.4 Å². The Labute approximate surface area is 117 Å². The van der Waals surface area contributed by atoms with Crippen LogP contribution in [0.2, 0.25) is 5.02 Å². The number of rotatable bonds is 3. The highest BCUT2D eigenvalue weighted by Gasteiger charge is 2.13. The lowest BCUT2D eigenvalue weighted by Gasteiger charge is -2.13. The van der Waals surface area contributed by atoms with E-state index >= 15 is 0 Å². The fraction of sp³-hybridized carbons (Fsp3) is 0.286. The van der Waals surface area contributed by atoms with Crippen molar-refractivity contribution in [3.8, 4) is 11.6 Å². The van der Waals surface area contributed by atoms with Crippen molar-refractivity contribution in [1.82, 2.24) is 10.2 Å². The van der Waals surface area contributed by atoms with Crippen LogP contribution in [0.25, 0.3) is 0 Å². The summed E-state index contributed by atoms with van der Waals surface area (Å²) < 4.78 is 5.81. The predicted molar refractivity (Wildman–Crippen MR) is 75.7 cm³/mol. The molecular formula is C14H16ClN3O. The van der Waals surface area contributed by atoms with E-state index in [-0.39, 0.29) is 0 Å². The van der Waals surface area contributed by atoms with Crippen molar-refractivity contribution in [1.29, 1.82) is 0 Å². The second-order valence-corrected chi connectivity index (χ2v) is 4.85. The summed E-state index contributed by atoms with van der Waals surface area (Å²) in [6, 6.07) is 5.47. The van der Waals surface area contributed by atoms with E-state index in [9.17, 15) is 0 Å². The van der Waals surface area contributed by atoms with Crippen LogP contribution in [0.4, 0.5) is 0 Å². The quantitative estimate of drug-likeness (QED) is 0.935. The molecule has 5 heteroatoms. The number of aryl methyl sites for hydroxylation is 2. The van der Waals surface area contributed by atoms with Gasteiger partial charge in [0.05, 0.1) is 5.69 Å². The predicted octanol–water partition coefficient (Wildman–Crippen LogP) is 3.31. The zero-order valence-corrected chi connectivity index (χ0v) is 12.0. The number of halogens is 1. The summed E-state index contributed by atoms with van der Waals surface area (Å²) in [5, 5.41) is 8.77. The lowest BCUT2D eigenvalue weighted by atomic mass is 10.1. The minimum Gasteiger partial charge on any atom is -0.437 e. The molecular weight excluding hydrogens is 262 g/mol. The third kappa shape index (κ3) is 2.85. The van der Waals surface area contributed by atoms with Crippen LogP contribution < -0.4 is 10.5 Å². The third-order valence-corrected chi connectivity index (χ3v) is 3.34. The first-order valence-corrected chi connectivity index (χ1v) is 6.37. The van der Waals surface area contributed by atoms with Crippen LogP contribution in [0.3, 0.4) is 0 Å². The molecule has 1 aromatic carbocycles. The maximum atomic E-state index is 5.97. The monoisotopic (exact) mass is 277 g/mol. The van der Waals surface area contributed by atoms with Gasteiger partial charge in [-0.05, 0) is 44.0 Å². The highest BCUT2D eigenvalue weighted by molar-refractivity contribution is 6.30. The van der Waals surface area contributed by atoms with Gasteiger partial charge in [0.1, 0.15) is 5.75 Å². The Morgan fingerprint density at radius 3 is 2.63 bits per heavy atom. The van der Waals surface area contributed by atoms with E-state index in [4.69, 9.17) is 22.1 Å². The van der Waals surface area contributed by atoms with Crippen molar-refractivity contribution in [2.75, 3.05) is 0 Å². The number of nitrogens with two attached hydrogens (primary N) is 1. The van der Waals surface area contributed by atoms with Gasteiger partial charge in [0.15, 0.2) is 0 Å². The first kappa shape index (κ1) is 13.8. The largest absolute Gasteiger partial charge is 0.437 e. The summed E-state index contributed by atoms with van der Waals surface area (Å²) in [5.41, 5.74) is 9.48. The van der Waals surface area contributed by atoms with Gasteiger partial charge in [-0.15, -0.1) is 5.10 Å². The minimum absolute atomic E-state index is 0.358. The Bertz CT molecular complexity index is 614. The van der Waals surface area contributed by atoms with Crippen molar-refractivity contribution < 1.29 is 4.74 Å². The van der Waals surface area contributed by atoms with Gasteiger partial charge in [0, 0.05) is 17.1 Å². The average molecular weight is 278 g/mol. The van der Waals surface area contributed by atoms with Crippen LogP contribution in [0.1, 0.15) is 22.4 Å². The second-order valence-electron chi connectivity index (χ2n) is 4.41. The van der Waals surface area contributed by atoms with Crippen molar-refractivity contribution in [2.24, 2.45) is 5.73 Å². The molecule has 19 heavy (non-hydrogen) atoms. The number of hydrogen-bond donors (Lipinski definition) is 1. The van der Waals surface area contributed by atoms with Crippen LogP contribution in [0.5, 0.6) is 11.6 Å². The van der Waals surface area contributed by atoms with E-state index in [0.29, 0.717) is 23.2 Å². The Morgan fingerprint density at radius 1 is 1.21 bits per heavy atom. The van der Waals surface area contributed by atoms with Gasteiger partial charge in [0.25, 0.3) is 0 Å². The highest BCUT2D eigenvalue weighted by Crippen LogP contribution is 2.29. The first-order chi connectivity index (χ1) is 9.02. The Kier molecular flexibility index (Phi) is 4.02. The molecule has 2 aromatic rings. The molecule has 0 atom stereocenters. The smallest absolute Gasteiger partial charge is 0.243 e. The molecule has 2 rings (SSSR count). The van der Waals surface area contributed by atoms with Gasteiger partial charge in [-0.25, -0.2) is 0 Å². The van der Waals surface area contributed by atoms with Crippen molar-refractivity contribution in [2.45, 2.75) is 27.3 Å². The van der Waals surface area contributed by atoms with Crippen LogP contribution in [-0.2, 0) is 6.54 Å². The minimum atomic E-state index is 0.358. The summed E-state index contributed by atoms with van der Waals surface area (Å²) in [5.74, 6) is 1.11. The number of ether oxygens (including phenoxy) is 1. The number of nitrogens with zero attached hydrogens (tertiary/aromatic N) is 2. The molecule has 4 nitrogen and oxygen atoms in total. The van der Waals surface area contributed by atoms with E-state index in [2.05, 4.69) is 10.2 Å². The van der Waals surface area contributed by atoms with Gasteiger partial charge >= 0.3 is 0 Å². The summed E-state index contributed by atoms with van der Waals surface area (Å²) in [4.78, 5) is 0. The molecule has 0 aliphatic heterocycles. The molecule has 0 spiro atoms. The van der Waals surface area contributed by atoms with E-state index < -0.39 is 0 Å². The SMILES string of the molecule is Cc1ccc(Cl)cc1Oc1nnc(C)c(C)c1CN. The molecule has 0 saturated carbocycles. The van der Waals surface area contributed by atoms with Gasteiger partial charge in [0.2, 0.25) is 5.88 Å². The molecule has 2 N–H and O–H groups in total.